The van der Waals surface area contributed by atoms with Gasteiger partial charge in [-0.25, -0.2) is 0 Å². The van der Waals surface area contributed by atoms with E-state index in [1.54, 1.807) is 0 Å². The fourth-order valence-corrected chi connectivity index (χ4v) is 1.07. The molecule has 2 rings (SSSR count). The Kier molecular flexibility index (Phi) is 0.228. The summed E-state index contributed by atoms with van der Waals surface area (Å²) in [6.45, 7) is 3.74. The van der Waals surface area contributed by atoms with Crippen LogP contribution < -0.4 is 0 Å². The molecule has 0 aromatic heterocycles. The van der Waals surface area contributed by atoms with Crippen LogP contribution in [-0.4, -0.2) is 0 Å². The first-order chi connectivity index (χ1) is 2.87. The Morgan fingerprint density at radius 2 is 2.17 bits per heavy atom. The van der Waals surface area contributed by atoms with Crippen LogP contribution in [0.3, 0.4) is 0 Å². The highest BCUT2D eigenvalue weighted by Gasteiger charge is 2.67. The summed E-state index contributed by atoms with van der Waals surface area (Å²) in [5.74, 6) is 1.09. The van der Waals surface area contributed by atoms with E-state index in [0.717, 1.165) is 11.3 Å². The normalized spacial score (nSPS) is 59.7. The van der Waals surface area contributed by atoms with Crippen LogP contribution in [0, 0.1) is 11.3 Å². The lowest BCUT2D eigenvalue weighted by Gasteiger charge is -1.83. The molecule has 0 aromatic carbocycles. The molecule has 0 aliphatic heterocycles. The summed E-state index contributed by atoms with van der Waals surface area (Å²) in [5, 5.41) is 0. The summed E-state index contributed by atoms with van der Waals surface area (Å²) in [4.78, 5) is 0. The van der Waals surface area contributed by atoms with Gasteiger partial charge in [0, 0.05) is 0 Å². The minimum atomic E-state index is 0.722. The fourth-order valence-electron chi connectivity index (χ4n) is 1.07. The number of hydrogen-bond donors (Lipinski definition) is 0. The lowest BCUT2D eigenvalue weighted by molar-refractivity contribution is 0.800. The Morgan fingerprint density at radius 3 is 2.17 bits per heavy atom. The van der Waals surface area contributed by atoms with E-state index in [1.165, 1.54) is 12.8 Å². The first kappa shape index (κ1) is 2.84. The molecule has 0 heterocycles. The average Bonchev–Trinajstić information content (AvgIpc) is 2.12. The van der Waals surface area contributed by atoms with Gasteiger partial charge in [0.1, 0.15) is 0 Å². The van der Waals surface area contributed by atoms with Gasteiger partial charge in [0.25, 0.3) is 0 Å². The zero-order valence-electron chi connectivity index (χ0n) is 3.78. The van der Waals surface area contributed by atoms with Crippen LogP contribution in [0.15, 0.2) is 12.7 Å². The highest BCUT2D eigenvalue weighted by molar-refractivity contribution is 5.26. The second-order valence-electron chi connectivity index (χ2n) is 2.54. The van der Waals surface area contributed by atoms with Gasteiger partial charge in [0.2, 0.25) is 0 Å². The van der Waals surface area contributed by atoms with Gasteiger partial charge in [-0.2, -0.15) is 0 Å². The molecule has 0 nitrogen and oxygen atoms in total. The van der Waals surface area contributed by atoms with Crippen molar-refractivity contribution in [1.82, 2.24) is 0 Å². The molecule has 0 N–H and O–H groups in total. The molecule has 0 atom stereocenters. The Morgan fingerprint density at radius 1 is 1.67 bits per heavy atom. The van der Waals surface area contributed by atoms with Gasteiger partial charge in [-0.3, -0.25) is 0 Å². The maximum atomic E-state index is 3.74. The molecule has 0 radical (unpaired) electrons. The van der Waals surface area contributed by atoms with E-state index in [0.29, 0.717) is 0 Å². The topological polar surface area (TPSA) is 0 Å². The van der Waals surface area contributed by atoms with Crippen LogP contribution in [0.1, 0.15) is 12.8 Å². The first-order valence-electron chi connectivity index (χ1n) is 2.51. The standard InChI is InChI=1S/C6H8/c1-2-6-3-5(6)4-6/h2,5H,1,3-4H2. The van der Waals surface area contributed by atoms with Crippen molar-refractivity contribution in [2.24, 2.45) is 11.3 Å². The molecule has 0 aromatic rings. The number of allylic oxidation sites excluding steroid dienone is 1. The third-order valence-electron chi connectivity index (χ3n) is 2.15. The molecule has 32 valence electrons. The average molecular weight is 80.1 g/mol. The summed E-state index contributed by atoms with van der Waals surface area (Å²) in [5.41, 5.74) is 0.722. The van der Waals surface area contributed by atoms with Crippen LogP contribution >= 0.6 is 0 Å². The molecule has 2 saturated carbocycles. The molecule has 0 bridgehead atoms. The van der Waals surface area contributed by atoms with Crippen molar-refractivity contribution < 1.29 is 0 Å². The van der Waals surface area contributed by atoms with Gasteiger partial charge in [0.05, 0.1) is 0 Å². The smallest absolute Gasteiger partial charge is 0.00861 e. The molecular formula is C6H8. The zero-order valence-corrected chi connectivity index (χ0v) is 3.78. The van der Waals surface area contributed by atoms with Crippen LogP contribution in [0.2, 0.25) is 0 Å². The van der Waals surface area contributed by atoms with E-state index < -0.39 is 0 Å². The summed E-state index contributed by atoms with van der Waals surface area (Å²) in [6, 6.07) is 0. The molecular weight excluding hydrogens is 72.1 g/mol. The van der Waals surface area contributed by atoms with Gasteiger partial charge >= 0.3 is 0 Å². The van der Waals surface area contributed by atoms with Crippen molar-refractivity contribution in [3.63, 3.8) is 0 Å². The Bertz CT molecular complexity index is 96.6. The predicted octanol–water partition coefficient (Wildman–Crippen LogP) is 1.58. The van der Waals surface area contributed by atoms with Crippen LogP contribution in [-0.2, 0) is 0 Å². The van der Waals surface area contributed by atoms with Crippen molar-refractivity contribution in [3.05, 3.63) is 12.7 Å². The lowest BCUT2D eigenvalue weighted by atomic mass is 10.2. The van der Waals surface area contributed by atoms with E-state index in [1.807, 2.05) is 0 Å². The van der Waals surface area contributed by atoms with Crippen molar-refractivity contribution in [2.75, 3.05) is 0 Å². The van der Waals surface area contributed by atoms with E-state index in [2.05, 4.69) is 12.7 Å². The Balaban J connectivity index is 2.27. The zero-order chi connectivity index (χ0) is 4.20. The first-order valence-corrected chi connectivity index (χ1v) is 2.51. The maximum Gasteiger partial charge on any atom is -0.00861 e. The molecule has 6 heavy (non-hydrogen) atoms. The van der Waals surface area contributed by atoms with E-state index in [-0.39, 0.29) is 0 Å². The highest BCUT2D eigenvalue weighted by Crippen LogP contribution is 2.75. The Labute approximate surface area is 37.9 Å². The maximum absolute atomic E-state index is 3.74. The van der Waals surface area contributed by atoms with E-state index in [4.69, 9.17) is 0 Å². The molecule has 0 heteroatoms. The molecule has 0 saturated heterocycles. The summed E-state index contributed by atoms with van der Waals surface area (Å²) < 4.78 is 0. The predicted molar refractivity (Wildman–Crippen MR) is 25.4 cm³/mol. The third-order valence-corrected chi connectivity index (χ3v) is 2.15. The Hall–Kier alpha value is -0.260. The number of hydrogen-bond acceptors (Lipinski definition) is 0. The number of fused-ring (bicyclic) bond motifs is 1. The summed E-state index contributed by atoms with van der Waals surface area (Å²) in [7, 11) is 0. The van der Waals surface area contributed by atoms with Crippen molar-refractivity contribution in [1.29, 1.82) is 0 Å². The van der Waals surface area contributed by atoms with Crippen molar-refractivity contribution in [3.8, 4) is 0 Å². The second-order valence-corrected chi connectivity index (χ2v) is 2.54. The molecule has 2 fully saturated rings. The van der Waals surface area contributed by atoms with Crippen molar-refractivity contribution >= 4 is 0 Å². The van der Waals surface area contributed by atoms with Crippen molar-refractivity contribution in [2.45, 2.75) is 12.8 Å². The molecule has 2 aliphatic rings. The van der Waals surface area contributed by atoms with Gasteiger partial charge in [-0.05, 0) is 24.2 Å². The minimum Gasteiger partial charge on any atom is -0.103 e. The lowest BCUT2D eigenvalue weighted by Crippen LogP contribution is -1.71. The second kappa shape index (κ2) is 0.481. The highest BCUT2D eigenvalue weighted by atomic mass is 14.7. The van der Waals surface area contributed by atoms with Crippen LogP contribution in [0.25, 0.3) is 0 Å². The molecule has 2 aliphatic carbocycles. The summed E-state index contributed by atoms with van der Waals surface area (Å²) >= 11 is 0. The molecule has 0 unspecified atom stereocenters. The number of rotatable bonds is 1. The van der Waals surface area contributed by atoms with Gasteiger partial charge in [-0.15, -0.1) is 6.58 Å². The van der Waals surface area contributed by atoms with Gasteiger partial charge in [0.15, 0.2) is 0 Å². The van der Waals surface area contributed by atoms with Crippen LogP contribution in [0.4, 0.5) is 0 Å². The molecule has 0 spiro atoms. The largest absolute Gasteiger partial charge is 0.103 e. The molecule has 0 amide bonds. The van der Waals surface area contributed by atoms with Crippen LogP contribution in [0.5, 0.6) is 0 Å². The monoisotopic (exact) mass is 80.1 g/mol. The quantitative estimate of drug-likeness (QED) is 0.419. The SMILES string of the molecule is C=CC12CC1C2. The summed E-state index contributed by atoms with van der Waals surface area (Å²) in [6.07, 6.45) is 5.03. The van der Waals surface area contributed by atoms with Gasteiger partial charge in [-0.1, -0.05) is 6.08 Å². The minimum absolute atomic E-state index is 0.722. The van der Waals surface area contributed by atoms with E-state index >= 15 is 0 Å². The third kappa shape index (κ3) is 0.129. The van der Waals surface area contributed by atoms with Gasteiger partial charge < -0.3 is 0 Å². The fraction of sp³-hybridized carbons (Fsp3) is 0.667. The van der Waals surface area contributed by atoms with E-state index in [9.17, 15) is 0 Å².